The SMILES string of the molecule is CC(=O)OCCCCCCCCCCCCCCCCN. The molecular formula is C18H37NO2. The summed E-state index contributed by atoms with van der Waals surface area (Å²) >= 11 is 0. The van der Waals surface area contributed by atoms with Crippen molar-refractivity contribution in [2.24, 2.45) is 5.73 Å². The van der Waals surface area contributed by atoms with Gasteiger partial charge in [0, 0.05) is 6.92 Å². The normalized spacial score (nSPS) is 10.8. The minimum absolute atomic E-state index is 0.158. The zero-order chi connectivity index (χ0) is 15.6. The Labute approximate surface area is 132 Å². The Balaban J connectivity index is 2.95. The smallest absolute Gasteiger partial charge is 0.302 e. The molecule has 0 aromatic heterocycles. The zero-order valence-corrected chi connectivity index (χ0v) is 14.2. The van der Waals surface area contributed by atoms with Crippen LogP contribution in [0.2, 0.25) is 0 Å². The highest BCUT2D eigenvalue weighted by Gasteiger charge is 1.95. The summed E-state index contributed by atoms with van der Waals surface area (Å²) in [6.45, 7) is 2.92. The highest BCUT2D eigenvalue weighted by molar-refractivity contribution is 5.65. The van der Waals surface area contributed by atoms with Gasteiger partial charge in [-0.2, -0.15) is 0 Å². The van der Waals surface area contributed by atoms with Gasteiger partial charge in [-0.25, -0.2) is 0 Å². The van der Waals surface area contributed by atoms with Crippen LogP contribution in [0.25, 0.3) is 0 Å². The number of rotatable bonds is 16. The van der Waals surface area contributed by atoms with Crippen molar-refractivity contribution in [2.45, 2.75) is 96.8 Å². The molecule has 0 saturated carbocycles. The molecule has 0 fully saturated rings. The zero-order valence-electron chi connectivity index (χ0n) is 14.2. The van der Waals surface area contributed by atoms with Crippen LogP contribution in [0.15, 0.2) is 0 Å². The van der Waals surface area contributed by atoms with Crippen LogP contribution in [-0.4, -0.2) is 19.1 Å². The van der Waals surface area contributed by atoms with Crippen LogP contribution in [0.1, 0.15) is 96.8 Å². The van der Waals surface area contributed by atoms with Crippen molar-refractivity contribution in [3.63, 3.8) is 0 Å². The Morgan fingerprint density at radius 1 is 0.667 bits per heavy atom. The molecule has 0 aromatic rings. The van der Waals surface area contributed by atoms with Gasteiger partial charge in [0.1, 0.15) is 0 Å². The molecule has 0 unspecified atom stereocenters. The van der Waals surface area contributed by atoms with Crippen LogP contribution in [0.3, 0.4) is 0 Å². The lowest BCUT2D eigenvalue weighted by molar-refractivity contribution is -0.141. The predicted octanol–water partition coefficient (Wildman–Crippen LogP) is 4.97. The van der Waals surface area contributed by atoms with Gasteiger partial charge in [-0.05, 0) is 19.4 Å². The molecule has 0 rings (SSSR count). The standard InChI is InChI=1S/C18H37NO2/c1-18(20)21-17-15-13-11-9-7-5-3-2-4-6-8-10-12-14-16-19/h2-17,19H2,1H3. The molecule has 0 aromatic carbocycles. The third-order valence-electron chi connectivity index (χ3n) is 3.90. The maximum atomic E-state index is 10.6. The minimum Gasteiger partial charge on any atom is -0.466 e. The minimum atomic E-state index is -0.158. The van der Waals surface area contributed by atoms with Crippen molar-refractivity contribution in [3.8, 4) is 0 Å². The molecule has 126 valence electrons. The van der Waals surface area contributed by atoms with Gasteiger partial charge >= 0.3 is 5.97 Å². The monoisotopic (exact) mass is 299 g/mol. The number of esters is 1. The van der Waals surface area contributed by atoms with Gasteiger partial charge in [0.25, 0.3) is 0 Å². The van der Waals surface area contributed by atoms with Crippen molar-refractivity contribution < 1.29 is 9.53 Å². The van der Waals surface area contributed by atoms with Crippen molar-refractivity contribution in [2.75, 3.05) is 13.2 Å². The van der Waals surface area contributed by atoms with Crippen LogP contribution < -0.4 is 5.73 Å². The van der Waals surface area contributed by atoms with Gasteiger partial charge in [-0.1, -0.05) is 77.0 Å². The number of carbonyl (C=O) groups excluding carboxylic acids is 1. The van der Waals surface area contributed by atoms with E-state index in [1.165, 1.54) is 90.4 Å². The molecule has 0 saturated heterocycles. The van der Waals surface area contributed by atoms with Crippen LogP contribution >= 0.6 is 0 Å². The topological polar surface area (TPSA) is 52.3 Å². The Morgan fingerprint density at radius 3 is 1.33 bits per heavy atom. The highest BCUT2D eigenvalue weighted by atomic mass is 16.5. The molecule has 0 bridgehead atoms. The van der Waals surface area contributed by atoms with Gasteiger partial charge in [0.15, 0.2) is 0 Å². The summed E-state index contributed by atoms with van der Waals surface area (Å²) in [5, 5.41) is 0. The Morgan fingerprint density at radius 2 is 1.00 bits per heavy atom. The largest absolute Gasteiger partial charge is 0.466 e. The average molecular weight is 299 g/mol. The molecule has 0 spiro atoms. The van der Waals surface area contributed by atoms with E-state index < -0.39 is 0 Å². The van der Waals surface area contributed by atoms with E-state index in [0.717, 1.165) is 13.0 Å². The number of unbranched alkanes of at least 4 members (excludes halogenated alkanes) is 13. The lowest BCUT2D eigenvalue weighted by Crippen LogP contribution is -2.00. The van der Waals surface area contributed by atoms with E-state index in [-0.39, 0.29) is 5.97 Å². The number of carbonyl (C=O) groups is 1. The molecule has 0 atom stereocenters. The van der Waals surface area contributed by atoms with E-state index in [9.17, 15) is 4.79 Å². The molecule has 0 radical (unpaired) electrons. The van der Waals surface area contributed by atoms with E-state index in [4.69, 9.17) is 10.5 Å². The van der Waals surface area contributed by atoms with Crippen molar-refractivity contribution in [1.29, 1.82) is 0 Å². The number of nitrogens with two attached hydrogens (primary N) is 1. The van der Waals surface area contributed by atoms with Crippen LogP contribution in [0.4, 0.5) is 0 Å². The predicted molar refractivity (Wildman–Crippen MR) is 90.3 cm³/mol. The van der Waals surface area contributed by atoms with Gasteiger partial charge in [-0.15, -0.1) is 0 Å². The van der Waals surface area contributed by atoms with E-state index in [1.54, 1.807) is 0 Å². The average Bonchev–Trinajstić information content (AvgIpc) is 2.46. The third kappa shape index (κ3) is 19.4. The molecule has 0 aliphatic rings. The molecule has 0 amide bonds. The van der Waals surface area contributed by atoms with Crippen molar-refractivity contribution in [1.82, 2.24) is 0 Å². The summed E-state index contributed by atoms with van der Waals surface area (Å²) < 4.78 is 4.91. The summed E-state index contributed by atoms with van der Waals surface area (Å²) in [5.74, 6) is -0.158. The van der Waals surface area contributed by atoms with Crippen LogP contribution in [0, 0.1) is 0 Å². The first-order valence-electron chi connectivity index (χ1n) is 9.11. The van der Waals surface area contributed by atoms with E-state index in [2.05, 4.69) is 0 Å². The second-order valence-electron chi connectivity index (χ2n) is 6.08. The molecule has 0 heterocycles. The molecular weight excluding hydrogens is 262 g/mol. The Kier molecular flexibility index (Phi) is 17.0. The van der Waals surface area contributed by atoms with Gasteiger partial charge in [-0.3, -0.25) is 4.79 Å². The number of hydrogen-bond donors (Lipinski definition) is 1. The molecule has 0 aliphatic carbocycles. The molecule has 2 N–H and O–H groups in total. The first-order chi connectivity index (χ1) is 10.3. The van der Waals surface area contributed by atoms with E-state index in [1.807, 2.05) is 0 Å². The highest BCUT2D eigenvalue weighted by Crippen LogP contribution is 2.12. The maximum Gasteiger partial charge on any atom is 0.302 e. The molecule has 0 aliphatic heterocycles. The first-order valence-corrected chi connectivity index (χ1v) is 9.11. The van der Waals surface area contributed by atoms with Gasteiger partial charge in [0.2, 0.25) is 0 Å². The van der Waals surface area contributed by atoms with Gasteiger partial charge in [0.05, 0.1) is 6.61 Å². The first kappa shape index (κ1) is 20.4. The summed E-state index contributed by atoms with van der Waals surface area (Å²) in [7, 11) is 0. The lowest BCUT2D eigenvalue weighted by Gasteiger charge is -2.03. The fourth-order valence-corrected chi connectivity index (χ4v) is 2.58. The van der Waals surface area contributed by atoms with E-state index in [0.29, 0.717) is 6.61 Å². The summed E-state index contributed by atoms with van der Waals surface area (Å²) in [4.78, 5) is 10.6. The summed E-state index contributed by atoms with van der Waals surface area (Å²) in [6.07, 6.45) is 18.5. The van der Waals surface area contributed by atoms with Crippen molar-refractivity contribution >= 4 is 5.97 Å². The quantitative estimate of drug-likeness (QED) is 0.323. The van der Waals surface area contributed by atoms with Crippen molar-refractivity contribution in [3.05, 3.63) is 0 Å². The van der Waals surface area contributed by atoms with E-state index >= 15 is 0 Å². The fourth-order valence-electron chi connectivity index (χ4n) is 2.58. The second kappa shape index (κ2) is 17.5. The Hall–Kier alpha value is -0.570. The number of hydrogen-bond acceptors (Lipinski definition) is 3. The molecule has 3 nitrogen and oxygen atoms in total. The summed E-state index contributed by atoms with van der Waals surface area (Å²) in [6, 6.07) is 0. The number of ether oxygens (including phenoxy) is 1. The Bertz CT molecular complexity index is 219. The van der Waals surface area contributed by atoms with Crippen LogP contribution in [-0.2, 0) is 9.53 Å². The maximum absolute atomic E-state index is 10.6. The fraction of sp³-hybridized carbons (Fsp3) is 0.944. The van der Waals surface area contributed by atoms with Crippen LogP contribution in [0.5, 0.6) is 0 Å². The van der Waals surface area contributed by atoms with Gasteiger partial charge < -0.3 is 10.5 Å². The summed E-state index contributed by atoms with van der Waals surface area (Å²) in [5.41, 5.74) is 5.48. The molecule has 21 heavy (non-hydrogen) atoms. The lowest BCUT2D eigenvalue weighted by atomic mass is 10.0. The third-order valence-corrected chi connectivity index (χ3v) is 3.90. The molecule has 3 heteroatoms. The second-order valence-corrected chi connectivity index (χ2v) is 6.08.